The lowest BCUT2D eigenvalue weighted by Gasteiger charge is -2.60. The summed E-state index contributed by atoms with van der Waals surface area (Å²) in [4.78, 5) is 36.8. The average molecular weight is 391 g/mol. The molecule has 0 aromatic heterocycles. The fraction of sp³-hybridized carbons (Fsp3) is 0.682. The van der Waals surface area contributed by atoms with Crippen molar-refractivity contribution in [2.45, 2.75) is 63.9 Å². The molecule has 0 amide bonds. The molecular weight excluding hydrogens is 364 g/mol. The van der Waals surface area contributed by atoms with Crippen LogP contribution in [0.1, 0.15) is 53.4 Å². The van der Waals surface area contributed by atoms with Crippen molar-refractivity contribution in [1.82, 2.24) is 0 Å². The van der Waals surface area contributed by atoms with Crippen molar-refractivity contribution in [1.29, 1.82) is 0 Å². The van der Waals surface area contributed by atoms with Crippen LogP contribution < -0.4 is 0 Å². The van der Waals surface area contributed by atoms with Gasteiger partial charge in [-0.1, -0.05) is 32.4 Å². The molecule has 4 aliphatic carbocycles. The van der Waals surface area contributed by atoms with E-state index in [1.807, 2.05) is 20.8 Å². The number of ketones is 3. The van der Waals surface area contributed by atoms with Crippen LogP contribution in [0.25, 0.3) is 0 Å². The van der Waals surface area contributed by atoms with Crippen molar-refractivity contribution in [3.8, 4) is 0 Å². The third-order valence-electron chi connectivity index (χ3n) is 8.52. The second-order valence-electron chi connectivity index (χ2n) is 9.55. The summed E-state index contributed by atoms with van der Waals surface area (Å²) < 4.78 is 0. The number of allylic oxidation sites excluding steroid dienone is 4. The Morgan fingerprint density at radius 3 is 2.56 bits per heavy atom. The zero-order valence-corrected chi connectivity index (χ0v) is 17.1. The van der Waals surface area contributed by atoms with Gasteiger partial charge in [-0.2, -0.15) is 0 Å². The van der Waals surface area contributed by atoms with Crippen molar-refractivity contribution in [2.24, 2.45) is 28.6 Å². The van der Waals surface area contributed by atoms with Crippen LogP contribution in [-0.4, -0.2) is 32.9 Å². The quantitative estimate of drug-likeness (QED) is 0.696. The van der Waals surface area contributed by atoms with E-state index in [9.17, 15) is 19.5 Å². The lowest BCUT2D eigenvalue weighted by molar-refractivity contribution is -0.167. The van der Waals surface area contributed by atoms with Crippen molar-refractivity contribution in [2.75, 3.05) is 0 Å². The van der Waals surface area contributed by atoms with Crippen molar-refractivity contribution >= 4 is 29.0 Å². The van der Waals surface area contributed by atoms with Gasteiger partial charge < -0.3 is 5.11 Å². The average Bonchev–Trinajstić information content (AvgIpc) is 2.79. The lowest BCUT2D eigenvalue weighted by Crippen LogP contribution is -2.67. The van der Waals surface area contributed by atoms with Crippen molar-refractivity contribution in [3.63, 3.8) is 0 Å². The summed E-state index contributed by atoms with van der Waals surface area (Å²) in [5.74, 6) is -0.809. The Balaban J connectivity index is 1.87. The first-order valence-corrected chi connectivity index (χ1v) is 10.2. The van der Waals surface area contributed by atoms with Gasteiger partial charge in [0.1, 0.15) is 10.5 Å². The third kappa shape index (κ3) is 1.96. The standard InChI is InChI=1S/C22H27ClO4/c1-12-9-17-16-6-5-14-10-15(25)7-8-19(14,3)21(16,23)18(26)11-20(17,4)22(12,27)13(2)24/h7-8,10,12,16-17,27H,5-6,9,11H2,1-4H3/t12?,16-,17-,19-,20-,21-,22-/m0/s1. The molecule has 0 bridgehead atoms. The normalized spacial score (nSPS) is 51.3. The minimum absolute atomic E-state index is 0.0130. The molecule has 27 heavy (non-hydrogen) atoms. The number of fused-ring (bicyclic) bond motifs is 5. The molecule has 7 atom stereocenters. The van der Waals surface area contributed by atoms with Gasteiger partial charge in [-0.15, -0.1) is 11.6 Å². The number of halogens is 1. The van der Waals surface area contributed by atoms with Crippen LogP contribution >= 0.6 is 11.6 Å². The van der Waals surface area contributed by atoms with E-state index in [1.54, 1.807) is 12.2 Å². The highest BCUT2D eigenvalue weighted by Gasteiger charge is 2.74. The fourth-order valence-electron chi connectivity index (χ4n) is 7.02. The molecule has 146 valence electrons. The summed E-state index contributed by atoms with van der Waals surface area (Å²) in [7, 11) is 0. The minimum atomic E-state index is -1.50. The fourth-order valence-corrected chi connectivity index (χ4v) is 7.54. The third-order valence-corrected chi connectivity index (χ3v) is 9.41. The maximum Gasteiger partial charge on any atom is 0.178 e. The van der Waals surface area contributed by atoms with E-state index in [2.05, 4.69) is 0 Å². The number of alkyl halides is 1. The first kappa shape index (κ1) is 19.1. The number of carbonyl (C=O) groups excluding carboxylic acids is 3. The van der Waals surface area contributed by atoms with Crippen LogP contribution in [0, 0.1) is 28.6 Å². The van der Waals surface area contributed by atoms with Crippen LogP contribution in [0.3, 0.4) is 0 Å². The SMILES string of the molecule is CC(=O)[C@@]1(O)C(C)C[C@H]2[C@@H]3CCC4=CC(=O)C=C[C@]4(C)[C@@]3(Cl)C(=O)C[C@@]21C. The van der Waals surface area contributed by atoms with Crippen LogP contribution in [0.15, 0.2) is 23.8 Å². The summed E-state index contributed by atoms with van der Waals surface area (Å²) in [5.41, 5.74) is -2.08. The molecule has 3 saturated carbocycles. The van der Waals surface area contributed by atoms with Crippen molar-refractivity contribution < 1.29 is 19.5 Å². The van der Waals surface area contributed by atoms with E-state index in [4.69, 9.17) is 11.6 Å². The van der Waals surface area contributed by atoms with E-state index in [0.717, 1.165) is 5.57 Å². The Hall–Kier alpha value is -1.26. The van der Waals surface area contributed by atoms with Crippen LogP contribution in [0.5, 0.6) is 0 Å². The monoisotopic (exact) mass is 390 g/mol. The zero-order chi connectivity index (χ0) is 20.0. The topological polar surface area (TPSA) is 71.4 Å². The molecular formula is C22H27ClO4. The highest BCUT2D eigenvalue weighted by molar-refractivity contribution is 6.37. The van der Waals surface area contributed by atoms with Gasteiger partial charge in [0, 0.05) is 17.3 Å². The number of Topliss-reactive ketones (excluding diaryl/α,β-unsaturated/α-hetero) is 2. The second-order valence-corrected chi connectivity index (χ2v) is 10.1. The summed E-state index contributed by atoms with van der Waals surface area (Å²) >= 11 is 7.22. The molecule has 0 spiro atoms. The lowest BCUT2D eigenvalue weighted by atomic mass is 9.46. The number of aliphatic hydroxyl groups is 1. The molecule has 5 heteroatoms. The van der Waals surface area contributed by atoms with Gasteiger partial charge in [0.15, 0.2) is 17.3 Å². The van der Waals surface area contributed by atoms with Gasteiger partial charge >= 0.3 is 0 Å². The Kier molecular flexibility index (Phi) is 3.83. The van der Waals surface area contributed by atoms with Crippen LogP contribution in [0.4, 0.5) is 0 Å². The number of rotatable bonds is 1. The van der Waals surface area contributed by atoms with Gasteiger partial charge in [0.2, 0.25) is 0 Å². The summed E-state index contributed by atoms with van der Waals surface area (Å²) in [6.45, 7) is 7.18. The van der Waals surface area contributed by atoms with Crippen molar-refractivity contribution in [3.05, 3.63) is 23.8 Å². The molecule has 0 radical (unpaired) electrons. The van der Waals surface area contributed by atoms with E-state index in [0.29, 0.717) is 19.3 Å². The number of hydrogen-bond acceptors (Lipinski definition) is 4. The molecule has 4 aliphatic rings. The molecule has 0 saturated heterocycles. The first-order chi connectivity index (χ1) is 12.4. The zero-order valence-electron chi connectivity index (χ0n) is 16.3. The molecule has 0 aliphatic heterocycles. The highest BCUT2D eigenvalue weighted by Crippen LogP contribution is 2.70. The maximum absolute atomic E-state index is 13.6. The molecule has 3 fully saturated rings. The highest BCUT2D eigenvalue weighted by atomic mass is 35.5. The second kappa shape index (κ2) is 5.42. The van der Waals surface area contributed by atoms with E-state index >= 15 is 0 Å². The molecule has 0 aromatic carbocycles. The molecule has 1 unspecified atom stereocenters. The maximum atomic E-state index is 13.6. The van der Waals surface area contributed by atoms with E-state index in [-0.39, 0.29) is 41.5 Å². The van der Waals surface area contributed by atoms with E-state index < -0.39 is 21.3 Å². The predicted octanol–water partition coefficient (Wildman–Crippen LogP) is 3.40. The largest absolute Gasteiger partial charge is 0.381 e. The van der Waals surface area contributed by atoms with E-state index in [1.165, 1.54) is 13.0 Å². The number of hydrogen-bond donors (Lipinski definition) is 1. The van der Waals surface area contributed by atoms with Gasteiger partial charge in [0.25, 0.3) is 0 Å². The predicted molar refractivity (Wildman–Crippen MR) is 102 cm³/mol. The van der Waals surface area contributed by atoms with Gasteiger partial charge in [-0.25, -0.2) is 0 Å². The Morgan fingerprint density at radius 2 is 1.93 bits per heavy atom. The van der Waals surface area contributed by atoms with Gasteiger partial charge in [-0.3, -0.25) is 14.4 Å². The molecule has 0 aromatic rings. The summed E-state index contributed by atoms with van der Waals surface area (Å²) in [6.07, 6.45) is 7.11. The Labute approximate surface area is 165 Å². The van der Waals surface area contributed by atoms with Gasteiger partial charge in [-0.05, 0) is 56.1 Å². The first-order valence-electron chi connectivity index (χ1n) is 9.83. The minimum Gasteiger partial charge on any atom is -0.381 e. The number of carbonyl (C=O) groups is 3. The van der Waals surface area contributed by atoms with Gasteiger partial charge in [0.05, 0.1) is 0 Å². The smallest absolute Gasteiger partial charge is 0.178 e. The summed E-state index contributed by atoms with van der Waals surface area (Å²) in [6, 6.07) is 0. The molecule has 1 N–H and O–H groups in total. The molecule has 4 rings (SSSR count). The van der Waals surface area contributed by atoms with Crippen LogP contribution in [0.2, 0.25) is 0 Å². The molecule has 0 heterocycles. The Morgan fingerprint density at radius 1 is 1.26 bits per heavy atom. The summed E-state index contributed by atoms with van der Waals surface area (Å²) in [5, 5.41) is 11.4. The Bertz CT molecular complexity index is 828. The van der Waals surface area contributed by atoms with Crippen LogP contribution in [-0.2, 0) is 14.4 Å². The molecule has 4 nitrogen and oxygen atoms in total.